The van der Waals surface area contributed by atoms with E-state index in [1.54, 1.807) is 11.3 Å². The molecule has 1 heterocycles. The molecule has 0 aliphatic carbocycles. The third-order valence-electron chi connectivity index (χ3n) is 0.844. The SMILES string of the molecule is CCc1[nH+]ccs1.[Br-]. The number of aryl methyl sites for hydroxylation is 1. The van der Waals surface area contributed by atoms with E-state index in [1.807, 2.05) is 6.20 Å². The van der Waals surface area contributed by atoms with Crippen LogP contribution in [-0.2, 0) is 6.42 Å². The second kappa shape index (κ2) is 4.04. The van der Waals surface area contributed by atoms with Gasteiger partial charge in [-0.15, -0.1) is 0 Å². The first-order chi connectivity index (χ1) is 3.43. The number of rotatable bonds is 1. The average Bonchev–Trinajstić information content (AvgIpc) is 2.14. The topological polar surface area (TPSA) is 14.1 Å². The van der Waals surface area contributed by atoms with Crippen molar-refractivity contribution >= 4 is 11.3 Å². The summed E-state index contributed by atoms with van der Waals surface area (Å²) in [6.07, 6.45) is 3.08. The van der Waals surface area contributed by atoms with E-state index in [2.05, 4.69) is 17.3 Å². The van der Waals surface area contributed by atoms with Crippen molar-refractivity contribution in [1.82, 2.24) is 0 Å². The fourth-order valence-corrected chi connectivity index (χ4v) is 1.07. The zero-order valence-corrected chi connectivity index (χ0v) is 7.05. The van der Waals surface area contributed by atoms with E-state index in [9.17, 15) is 0 Å². The molecular formula is C5H8BrNS. The first kappa shape index (κ1) is 8.11. The zero-order valence-electron chi connectivity index (χ0n) is 4.65. The predicted molar refractivity (Wildman–Crippen MR) is 30.3 cm³/mol. The van der Waals surface area contributed by atoms with Gasteiger partial charge in [0.15, 0.2) is 6.20 Å². The van der Waals surface area contributed by atoms with E-state index in [4.69, 9.17) is 0 Å². The van der Waals surface area contributed by atoms with E-state index in [0.717, 1.165) is 6.42 Å². The molecule has 1 aromatic heterocycles. The second-order valence-electron chi connectivity index (χ2n) is 1.34. The van der Waals surface area contributed by atoms with Crippen LogP contribution in [0.1, 0.15) is 11.9 Å². The van der Waals surface area contributed by atoms with Crippen LogP contribution in [0.3, 0.4) is 0 Å². The van der Waals surface area contributed by atoms with Gasteiger partial charge in [-0.2, -0.15) is 0 Å². The Morgan fingerprint density at radius 1 is 1.75 bits per heavy atom. The van der Waals surface area contributed by atoms with Crippen molar-refractivity contribution in [3.63, 3.8) is 0 Å². The monoisotopic (exact) mass is 193 g/mol. The van der Waals surface area contributed by atoms with Crippen LogP contribution in [0.4, 0.5) is 0 Å². The van der Waals surface area contributed by atoms with E-state index in [1.165, 1.54) is 5.01 Å². The minimum Gasteiger partial charge on any atom is -1.00 e. The summed E-state index contributed by atoms with van der Waals surface area (Å²) in [6, 6.07) is 0. The maximum atomic E-state index is 3.11. The van der Waals surface area contributed by atoms with Gasteiger partial charge in [-0.1, -0.05) is 18.3 Å². The lowest BCUT2D eigenvalue weighted by Gasteiger charge is -1.69. The number of aromatic nitrogens is 1. The van der Waals surface area contributed by atoms with Gasteiger partial charge in [0.05, 0.1) is 5.38 Å². The Kier molecular flexibility index (Phi) is 4.09. The summed E-state index contributed by atoms with van der Waals surface area (Å²) in [4.78, 5) is 3.11. The van der Waals surface area contributed by atoms with Crippen LogP contribution >= 0.6 is 11.3 Å². The predicted octanol–water partition coefficient (Wildman–Crippen LogP) is -1.87. The number of hydrogen-bond donors (Lipinski definition) is 0. The highest BCUT2D eigenvalue weighted by molar-refractivity contribution is 7.09. The van der Waals surface area contributed by atoms with Crippen LogP contribution in [0.5, 0.6) is 0 Å². The van der Waals surface area contributed by atoms with E-state index < -0.39 is 0 Å². The molecule has 0 bridgehead atoms. The van der Waals surface area contributed by atoms with Gasteiger partial charge in [-0.05, 0) is 0 Å². The fraction of sp³-hybridized carbons (Fsp3) is 0.400. The highest BCUT2D eigenvalue weighted by Crippen LogP contribution is 1.97. The molecule has 1 N–H and O–H groups in total. The molecule has 0 spiro atoms. The highest BCUT2D eigenvalue weighted by Gasteiger charge is 1.93. The maximum Gasteiger partial charge on any atom is 0.235 e. The van der Waals surface area contributed by atoms with Crippen LogP contribution in [-0.4, -0.2) is 0 Å². The summed E-state index contributed by atoms with van der Waals surface area (Å²) in [7, 11) is 0. The van der Waals surface area contributed by atoms with E-state index in [0.29, 0.717) is 0 Å². The molecule has 46 valence electrons. The van der Waals surface area contributed by atoms with Crippen molar-refractivity contribution in [2.24, 2.45) is 0 Å². The van der Waals surface area contributed by atoms with Gasteiger partial charge >= 0.3 is 0 Å². The molecule has 0 fully saturated rings. The Morgan fingerprint density at radius 3 is 2.75 bits per heavy atom. The molecular weight excluding hydrogens is 186 g/mol. The standard InChI is InChI=1S/C5H7NS.BrH/c1-2-5-6-3-4-7-5;/h3-4H,2H2,1H3;1H. The zero-order chi connectivity index (χ0) is 5.11. The first-order valence-electron chi connectivity index (χ1n) is 2.37. The minimum absolute atomic E-state index is 0. The summed E-state index contributed by atoms with van der Waals surface area (Å²) in [5.41, 5.74) is 0. The number of halogens is 1. The largest absolute Gasteiger partial charge is 1.00 e. The van der Waals surface area contributed by atoms with Gasteiger partial charge in [0.2, 0.25) is 5.01 Å². The van der Waals surface area contributed by atoms with Gasteiger partial charge in [0.1, 0.15) is 0 Å². The fourth-order valence-electron chi connectivity index (χ4n) is 0.463. The summed E-state index contributed by atoms with van der Waals surface area (Å²) in [5.74, 6) is 0. The molecule has 0 unspecified atom stereocenters. The maximum absolute atomic E-state index is 3.11. The molecule has 0 radical (unpaired) electrons. The number of aromatic amines is 1. The van der Waals surface area contributed by atoms with Crippen LogP contribution < -0.4 is 22.0 Å². The summed E-state index contributed by atoms with van der Waals surface area (Å²) >= 11 is 1.77. The van der Waals surface area contributed by atoms with Gasteiger partial charge < -0.3 is 17.0 Å². The molecule has 0 amide bonds. The van der Waals surface area contributed by atoms with Crippen LogP contribution in [0, 0.1) is 0 Å². The van der Waals surface area contributed by atoms with Crippen LogP contribution in [0.15, 0.2) is 11.6 Å². The Labute approximate surface area is 63.5 Å². The summed E-state index contributed by atoms with van der Waals surface area (Å²) < 4.78 is 0. The number of nitrogens with one attached hydrogen (secondary N) is 1. The van der Waals surface area contributed by atoms with Crippen molar-refractivity contribution in [1.29, 1.82) is 0 Å². The van der Waals surface area contributed by atoms with E-state index >= 15 is 0 Å². The number of H-pyrrole nitrogens is 1. The molecule has 1 nitrogen and oxygen atoms in total. The Balaban J connectivity index is 0.000000490. The van der Waals surface area contributed by atoms with Crippen molar-refractivity contribution < 1.29 is 22.0 Å². The van der Waals surface area contributed by atoms with Crippen molar-refractivity contribution in [2.75, 3.05) is 0 Å². The van der Waals surface area contributed by atoms with Crippen LogP contribution in [0.2, 0.25) is 0 Å². The summed E-state index contributed by atoms with van der Waals surface area (Å²) in [6.45, 7) is 2.14. The summed E-state index contributed by atoms with van der Waals surface area (Å²) in [5, 5.41) is 3.40. The lowest BCUT2D eigenvalue weighted by Crippen LogP contribution is -3.00. The Bertz CT molecular complexity index is 127. The third-order valence-corrected chi connectivity index (χ3v) is 1.81. The van der Waals surface area contributed by atoms with Gasteiger partial charge in [0.25, 0.3) is 0 Å². The van der Waals surface area contributed by atoms with Gasteiger partial charge in [-0.25, -0.2) is 4.98 Å². The molecule has 1 aromatic rings. The molecule has 0 saturated heterocycles. The van der Waals surface area contributed by atoms with Crippen LogP contribution in [0.25, 0.3) is 0 Å². The smallest absolute Gasteiger partial charge is 0.235 e. The van der Waals surface area contributed by atoms with Crippen molar-refractivity contribution in [2.45, 2.75) is 13.3 Å². The second-order valence-corrected chi connectivity index (χ2v) is 2.34. The molecule has 3 heteroatoms. The lowest BCUT2D eigenvalue weighted by atomic mass is 10.5. The number of hydrogen-bond acceptors (Lipinski definition) is 1. The molecule has 0 atom stereocenters. The Hall–Kier alpha value is 0.110. The van der Waals surface area contributed by atoms with Gasteiger partial charge in [0, 0.05) is 6.42 Å². The normalized spacial score (nSPS) is 8.12. The molecule has 0 saturated carbocycles. The first-order valence-corrected chi connectivity index (χ1v) is 3.25. The number of thiazole rings is 1. The molecule has 0 aliphatic rings. The third kappa shape index (κ3) is 1.92. The molecule has 8 heavy (non-hydrogen) atoms. The van der Waals surface area contributed by atoms with Crippen molar-refractivity contribution in [3.05, 3.63) is 16.6 Å². The van der Waals surface area contributed by atoms with Gasteiger partial charge in [-0.3, -0.25) is 0 Å². The highest BCUT2D eigenvalue weighted by atomic mass is 79.9. The van der Waals surface area contributed by atoms with E-state index in [-0.39, 0.29) is 17.0 Å². The van der Waals surface area contributed by atoms with Crippen molar-refractivity contribution in [3.8, 4) is 0 Å². The quantitative estimate of drug-likeness (QED) is 0.497. The average molecular weight is 194 g/mol. The minimum atomic E-state index is 0. The lowest BCUT2D eigenvalue weighted by molar-refractivity contribution is -0.381. The molecule has 0 aromatic carbocycles. The molecule has 1 rings (SSSR count). The Morgan fingerprint density at radius 2 is 2.50 bits per heavy atom. The molecule has 0 aliphatic heterocycles.